The van der Waals surface area contributed by atoms with Crippen LogP contribution in [-0.4, -0.2) is 36.2 Å². The molecule has 4 heteroatoms. The first kappa shape index (κ1) is 11.0. The maximum atomic E-state index is 5.39. The van der Waals surface area contributed by atoms with Crippen molar-refractivity contribution in [3.63, 3.8) is 0 Å². The molecule has 0 spiro atoms. The van der Waals surface area contributed by atoms with Crippen LogP contribution in [0.25, 0.3) is 0 Å². The van der Waals surface area contributed by atoms with Gasteiger partial charge in [0, 0.05) is 24.0 Å². The van der Waals surface area contributed by atoms with Gasteiger partial charge in [-0.05, 0) is 13.3 Å². The van der Waals surface area contributed by atoms with Gasteiger partial charge in [-0.1, -0.05) is 6.92 Å². The quantitative estimate of drug-likeness (QED) is 0.790. The largest absolute Gasteiger partial charge is 0.379 e. The second-order valence-corrected chi connectivity index (χ2v) is 4.76. The Balaban J connectivity index is 2.12. The summed E-state index contributed by atoms with van der Waals surface area (Å²) in [4.78, 5) is 8.29. The van der Waals surface area contributed by atoms with E-state index < -0.39 is 0 Å². The van der Waals surface area contributed by atoms with Crippen molar-refractivity contribution in [2.24, 2.45) is 0 Å². The van der Waals surface area contributed by atoms with Gasteiger partial charge in [-0.2, -0.15) is 0 Å². The lowest BCUT2D eigenvalue weighted by molar-refractivity contribution is 0.0158. The third-order valence-corrected chi connectivity index (χ3v) is 3.99. The fourth-order valence-corrected chi connectivity index (χ4v) is 3.15. The molecule has 0 aliphatic carbocycles. The van der Waals surface area contributed by atoms with E-state index in [-0.39, 0.29) is 0 Å². The molecule has 0 radical (unpaired) electrons. The van der Waals surface area contributed by atoms with Crippen molar-refractivity contribution in [1.29, 1.82) is 0 Å². The van der Waals surface area contributed by atoms with E-state index >= 15 is 0 Å². The van der Waals surface area contributed by atoms with E-state index in [4.69, 9.17) is 4.74 Å². The number of aryl methyl sites for hydroxylation is 1. The summed E-state index contributed by atoms with van der Waals surface area (Å²) in [6.45, 7) is 8.20. The molecule has 1 fully saturated rings. The number of hydrogen-bond donors (Lipinski definition) is 0. The van der Waals surface area contributed by atoms with Crippen LogP contribution in [0.2, 0.25) is 0 Å². The van der Waals surface area contributed by atoms with Gasteiger partial charge in [-0.15, -0.1) is 11.3 Å². The van der Waals surface area contributed by atoms with Gasteiger partial charge >= 0.3 is 0 Å². The predicted molar refractivity (Wildman–Crippen MR) is 62.3 cm³/mol. The minimum Gasteiger partial charge on any atom is -0.379 e. The zero-order chi connectivity index (χ0) is 10.7. The van der Waals surface area contributed by atoms with E-state index in [9.17, 15) is 0 Å². The highest BCUT2D eigenvalue weighted by Gasteiger charge is 2.23. The monoisotopic (exact) mass is 226 g/mol. The molecule has 1 unspecified atom stereocenters. The standard InChI is InChI=1S/C11H18N2OS/c1-3-10(11-9(2)12-8-15-11)13-4-6-14-7-5-13/h8,10H,3-7H2,1-2H3. The molecule has 0 amide bonds. The Kier molecular flexibility index (Phi) is 3.72. The van der Waals surface area contributed by atoms with Crippen LogP contribution in [0.4, 0.5) is 0 Å². The first-order valence-electron chi connectivity index (χ1n) is 5.54. The molecule has 1 aliphatic rings. The molecule has 1 atom stereocenters. The van der Waals surface area contributed by atoms with Gasteiger partial charge in [0.1, 0.15) is 0 Å². The summed E-state index contributed by atoms with van der Waals surface area (Å²) in [5.74, 6) is 0. The Labute approximate surface area is 95.1 Å². The van der Waals surface area contributed by atoms with Crippen LogP contribution in [0, 0.1) is 6.92 Å². The highest BCUT2D eigenvalue weighted by molar-refractivity contribution is 7.09. The lowest BCUT2D eigenvalue weighted by Crippen LogP contribution is -2.38. The molecule has 0 saturated carbocycles. The van der Waals surface area contributed by atoms with Gasteiger partial charge in [0.25, 0.3) is 0 Å². The van der Waals surface area contributed by atoms with E-state index in [1.807, 2.05) is 5.51 Å². The third-order valence-electron chi connectivity index (χ3n) is 2.96. The fraction of sp³-hybridized carbons (Fsp3) is 0.727. The SMILES string of the molecule is CCC(c1scnc1C)N1CCOCC1. The topological polar surface area (TPSA) is 25.4 Å². The predicted octanol–water partition coefficient (Wildman–Crippen LogP) is 2.23. The van der Waals surface area contributed by atoms with Crippen molar-refractivity contribution in [3.05, 3.63) is 16.1 Å². The molecule has 0 N–H and O–H groups in total. The van der Waals surface area contributed by atoms with Crippen molar-refractivity contribution in [2.75, 3.05) is 26.3 Å². The fourth-order valence-electron chi connectivity index (χ4n) is 2.13. The van der Waals surface area contributed by atoms with E-state index in [0.29, 0.717) is 6.04 Å². The first-order valence-corrected chi connectivity index (χ1v) is 6.42. The van der Waals surface area contributed by atoms with Crippen molar-refractivity contribution in [2.45, 2.75) is 26.3 Å². The molecule has 2 heterocycles. The highest BCUT2D eigenvalue weighted by Crippen LogP contribution is 2.30. The maximum Gasteiger partial charge on any atom is 0.0798 e. The Morgan fingerprint density at radius 1 is 1.53 bits per heavy atom. The van der Waals surface area contributed by atoms with Crippen LogP contribution >= 0.6 is 11.3 Å². The minimum atomic E-state index is 0.543. The molecule has 1 aliphatic heterocycles. The van der Waals surface area contributed by atoms with Crippen LogP contribution in [0.1, 0.15) is 30.0 Å². The van der Waals surface area contributed by atoms with Gasteiger partial charge in [0.2, 0.25) is 0 Å². The summed E-state index contributed by atoms with van der Waals surface area (Å²) < 4.78 is 5.39. The number of aromatic nitrogens is 1. The van der Waals surface area contributed by atoms with E-state index in [2.05, 4.69) is 23.7 Å². The van der Waals surface area contributed by atoms with Gasteiger partial charge in [0.05, 0.1) is 24.4 Å². The van der Waals surface area contributed by atoms with E-state index in [0.717, 1.165) is 32.7 Å². The molecule has 15 heavy (non-hydrogen) atoms. The Morgan fingerprint density at radius 2 is 2.27 bits per heavy atom. The molecular weight excluding hydrogens is 208 g/mol. The summed E-state index contributed by atoms with van der Waals surface area (Å²) in [6.07, 6.45) is 1.16. The number of rotatable bonds is 3. The molecule has 2 rings (SSSR count). The molecule has 3 nitrogen and oxygen atoms in total. The zero-order valence-electron chi connectivity index (χ0n) is 9.40. The summed E-state index contributed by atoms with van der Waals surface area (Å²) in [6, 6.07) is 0.543. The van der Waals surface area contributed by atoms with Crippen LogP contribution in [0.5, 0.6) is 0 Å². The Bertz CT molecular complexity index is 307. The lowest BCUT2D eigenvalue weighted by Gasteiger charge is -2.33. The number of ether oxygens (including phenoxy) is 1. The lowest BCUT2D eigenvalue weighted by atomic mass is 10.1. The number of morpholine rings is 1. The van der Waals surface area contributed by atoms with Gasteiger partial charge < -0.3 is 4.74 Å². The molecule has 84 valence electrons. The van der Waals surface area contributed by atoms with Gasteiger partial charge in [-0.25, -0.2) is 4.98 Å². The van der Waals surface area contributed by atoms with Crippen LogP contribution in [0.3, 0.4) is 0 Å². The summed E-state index contributed by atoms with van der Waals surface area (Å²) >= 11 is 1.78. The third kappa shape index (κ3) is 2.38. The minimum absolute atomic E-state index is 0.543. The van der Waals surface area contributed by atoms with Crippen LogP contribution < -0.4 is 0 Å². The van der Waals surface area contributed by atoms with Crippen molar-refractivity contribution >= 4 is 11.3 Å². The second-order valence-electron chi connectivity index (χ2n) is 3.87. The number of hydrogen-bond acceptors (Lipinski definition) is 4. The molecule has 1 aromatic heterocycles. The highest BCUT2D eigenvalue weighted by atomic mass is 32.1. The average molecular weight is 226 g/mol. The molecule has 0 bridgehead atoms. The van der Waals surface area contributed by atoms with Crippen LogP contribution in [0.15, 0.2) is 5.51 Å². The Hall–Kier alpha value is -0.450. The maximum absolute atomic E-state index is 5.39. The van der Waals surface area contributed by atoms with Crippen LogP contribution in [-0.2, 0) is 4.74 Å². The molecule has 0 aromatic carbocycles. The van der Waals surface area contributed by atoms with Gasteiger partial charge in [0.15, 0.2) is 0 Å². The number of nitrogens with zero attached hydrogens (tertiary/aromatic N) is 2. The molecule has 1 aromatic rings. The molecule has 1 saturated heterocycles. The summed E-state index contributed by atoms with van der Waals surface area (Å²) in [7, 11) is 0. The van der Waals surface area contributed by atoms with Crippen molar-refractivity contribution in [3.8, 4) is 0 Å². The zero-order valence-corrected chi connectivity index (χ0v) is 10.2. The second kappa shape index (κ2) is 5.05. The van der Waals surface area contributed by atoms with Gasteiger partial charge in [-0.3, -0.25) is 4.90 Å². The summed E-state index contributed by atoms with van der Waals surface area (Å²) in [5, 5.41) is 0. The average Bonchev–Trinajstić information content (AvgIpc) is 2.68. The van der Waals surface area contributed by atoms with E-state index in [1.54, 1.807) is 11.3 Å². The molecular formula is C11H18N2OS. The Morgan fingerprint density at radius 3 is 2.80 bits per heavy atom. The smallest absolute Gasteiger partial charge is 0.0798 e. The van der Waals surface area contributed by atoms with Crippen molar-refractivity contribution in [1.82, 2.24) is 9.88 Å². The van der Waals surface area contributed by atoms with Crippen molar-refractivity contribution < 1.29 is 4.74 Å². The normalized spacial score (nSPS) is 20.4. The van der Waals surface area contributed by atoms with E-state index in [1.165, 1.54) is 10.6 Å². The first-order chi connectivity index (χ1) is 7.33. The summed E-state index contributed by atoms with van der Waals surface area (Å²) in [5.41, 5.74) is 3.15. The number of thiazole rings is 1.